The average molecular weight is 260 g/mol. The number of hydrogen-bond donors (Lipinski definition) is 2. The second-order valence-corrected chi connectivity index (χ2v) is 7.46. The monoisotopic (exact) mass is 260 g/mol. The van der Waals surface area contributed by atoms with Crippen LogP contribution < -0.4 is 11.1 Å². The van der Waals surface area contributed by atoms with Gasteiger partial charge >= 0.3 is 0 Å². The summed E-state index contributed by atoms with van der Waals surface area (Å²) >= 11 is 0. The molecule has 17 heavy (non-hydrogen) atoms. The van der Waals surface area contributed by atoms with Crippen LogP contribution in [-0.2, 0) is 14.6 Å². The largest absolute Gasteiger partial charge is 0.352 e. The predicted octanol–water partition coefficient (Wildman–Crippen LogP) is -0.193. The first-order valence-electron chi connectivity index (χ1n) is 6.22. The van der Waals surface area contributed by atoms with E-state index in [2.05, 4.69) is 5.32 Å². The van der Waals surface area contributed by atoms with Crippen LogP contribution in [0.5, 0.6) is 0 Å². The highest BCUT2D eigenvalue weighted by atomic mass is 32.2. The molecule has 3 N–H and O–H groups in total. The quantitative estimate of drug-likeness (QED) is 0.720. The molecular weight excluding hydrogens is 240 g/mol. The minimum absolute atomic E-state index is 0.0118. The molecule has 0 radical (unpaired) electrons. The number of sulfone groups is 1. The highest BCUT2D eigenvalue weighted by molar-refractivity contribution is 7.91. The first-order valence-corrected chi connectivity index (χ1v) is 8.05. The Hall–Kier alpha value is -0.620. The van der Waals surface area contributed by atoms with Crippen molar-refractivity contribution in [3.05, 3.63) is 0 Å². The van der Waals surface area contributed by atoms with E-state index in [-0.39, 0.29) is 35.4 Å². The maximum atomic E-state index is 11.9. The Balaban J connectivity index is 1.85. The van der Waals surface area contributed by atoms with Crippen molar-refractivity contribution in [2.24, 2.45) is 11.7 Å². The Morgan fingerprint density at radius 2 is 2.00 bits per heavy atom. The Kier molecular flexibility index (Phi) is 3.73. The number of amides is 1. The molecule has 0 aromatic carbocycles. The minimum Gasteiger partial charge on any atom is -0.352 e. The summed E-state index contributed by atoms with van der Waals surface area (Å²) in [6, 6.07) is -0.0718. The Labute approximate surface area is 102 Å². The zero-order chi connectivity index (χ0) is 12.5. The summed E-state index contributed by atoms with van der Waals surface area (Å²) in [7, 11) is -2.92. The van der Waals surface area contributed by atoms with Crippen LogP contribution in [0, 0.1) is 5.92 Å². The molecular formula is C11H20N2O3S. The molecule has 6 heteroatoms. The van der Waals surface area contributed by atoms with Crippen LogP contribution >= 0.6 is 0 Å². The smallest absolute Gasteiger partial charge is 0.223 e. The molecule has 0 aromatic heterocycles. The molecule has 98 valence electrons. The van der Waals surface area contributed by atoms with E-state index < -0.39 is 9.84 Å². The Morgan fingerprint density at radius 1 is 1.24 bits per heavy atom. The lowest BCUT2D eigenvalue weighted by molar-refractivity contribution is -0.126. The van der Waals surface area contributed by atoms with Crippen molar-refractivity contribution in [1.29, 1.82) is 0 Å². The standard InChI is InChI=1S/C11H20N2O3S/c12-9-3-1-2-8(6-9)11(14)13-10-4-5-17(15,16)7-10/h8-10H,1-7,12H2,(H,13,14). The molecule has 1 aliphatic carbocycles. The number of nitrogens with one attached hydrogen (secondary N) is 1. The first kappa shape index (κ1) is 12.8. The van der Waals surface area contributed by atoms with Gasteiger partial charge in [0.15, 0.2) is 9.84 Å². The van der Waals surface area contributed by atoms with E-state index in [1.54, 1.807) is 0 Å². The van der Waals surface area contributed by atoms with E-state index in [0.717, 1.165) is 25.7 Å². The van der Waals surface area contributed by atoms with Crippen LogP contribution in [0.1, 0.15) is 32.1 Å². The van der Waals surface area contributed by atoms with Crippen LogP contribution in [0.15, 0.2) is 0 Å². The van der Waals surface area contributed by atoms with Crippen molar-refractivity contribution < 1.29 is 13.2 Å². The van der Waals surface area contributed by atoms with Gasteiger partial charge in [0.2, 0.25) is 5.91 Å². The zero-order valence-electron chi connectivity index (χ0n) is 9.89. The van der Waals surface area contributed by atoms with E-state index in [0.29, 0.717) is 6.42 Å². The fourth-order valence-corrected chi connectivity index (χ4v) is 4.37. The van der Waals surface area contributed by atoms with E-state index >= 15 is 0 Å². The van der Waals surface area contributed by atoms with Crippen molar-refractivity contribution in [1.82, 2.24) is 5.32 Å². The molecule has 1 saturated heterocycles. The van der Waals surface area contributed by atoms with E-state index in [9.17, 15) is 13.2 Å². The van der Waals surface area contributed by atoms with Gasteiger partial charge in [0.25, 0.3) is 0 Å². The summed E-state index contributed by atoms with van der Waals surface area (Å²) < 4.78 is 22.6. The van der Waals surface area contributed by atoms with Crippen molar-refractivity contribution in [2.75, 3.05) is 11.5 Å². The Bertz CT molecular complexity index is 394. The molecule has 1 amide bonds. The fourth-order valence-electron chi connectivity index (χ4n) is 2.69. The van der Waals surface area contributed by atoms with Crippen molar-refractivity contribution in [3.8, 4) is 0 Å². The van der Waals surface area contributed by atoms with Gasteiger partial charge in [0.1, 0.15) is 0 Å². The molecule has 0 spiro atoms. The summed E-state index contributed by atoms with van der Waals surface area (Å²) in [4.78, 5) is 11.9. The SMILES string of the molecule is NC1CCCC(C(=O)NC2CCS(=O)(=O)C2)C1. The van der Waals surface area contributed by atoms with Gasteiger partial charge in [-0.1, -0.05) is 6.42 Å². The van der Waals surface area contributed by atoms with Crippen LogP contribution in [0.3, 0.4) is 0 Å². The molecule has 2 rings (SSSR count). The number of rotatable bonds is 2. The summed E-state index contributed by atoms with van der Waals surface area (Å²) in [5.74, 6) is 0.254. The van der Waals surface area contributed by atoms with Gasteiger partial charge in [-0.3, -0.25) is 4.79 Å². The highest BCUT2D eigenvalue weighted by Gasteiger charge is 2.32. The molecule has 0 bridgehead atoms. The normalized spacial score (nSPS) is 36.6. The van der Waals surface area contributed by atoms with Crippen LogP contribution in [0.4, 0.5) is 0 Å². The maximum absolute atomic E-state index is 11.9. The lowest BCUT2D eigenvalue weighted by Crippen LogP contribution is -2.42. The third-order valence-corrected chi connectivity index (χ3v) is 5.43. The molecule has 1 aliphatic heterocycles. The second-order valence-electron chi connectivity index (χ2n) is 5.23. The Morgan fingerprint density at radius 3 is 2.59 bits per heavy atom. The van der Waals surface area contributed by atoms with Crippen molar-refractivity contribution >= 4 is 15.7 Å². The molecule has 5 nitrogen and oxygen atoms in total. The van der Waals surface area contributed by atoms with Gasteiger partial charge < -0.3 is 11.1 Å². The second kappa shape index (κ2) is 4.94. The summed E-state index contributed by atoms with van der Waals surface area (Å²) in [5, 5.41) is 2.85. The summed E-state index contributed by atoms with van der Waals surface area (Å²) in [6.45, 7) is 0. The average Bonchev–Trinajstić information content (AvgIpc) is 2.58. The lowest BCUT2D eigenvalue weighted by atomic mass is 9.85. The molecule has 1 saturated carbocycles. The van der Waals surface area contributed by atoms with Crippen molar-refractivity contribution in [2.45, 2.75) is 44.2 Å². The van der Waals surface area contributed by atoms with E-state index in [1.807, 2.05) is 0 Å². The van der Waals surface area contributed by atoms with Crippen molar-refractivity contribution in [3.63, 3.8) is 0 Å². The van der Waals surface area contributed by atoms with Crippen LogP contribution in [0.25, 0.3) is 0 Å². The van der Waals surface area contributed by atoms with Gasteiger partial charge in [0, 0.05) is 18.0 Å². The molecule has 1 heterocycles. The fraction of sp³-hybridized carbons (Fsp3) is 0.909. The number of carbonyl (C=O) groups excluding carboxylic acids is 1. The van der Waals surface area contributed by atoms with E-state index in [4.69, 9.17) is 5.73 Å². The third kappa shape index (κ3) is 3.42. The van der Waals surface area contributed by atoms with Crippen LogP contribution in [-0.4, -0.2) is 37.9 Å². The molecule has 3 unspecified atom stereocenters. The first-order chi connectivity index (χ1) is 7.96. The van der Waals surface area contributed by atoms with Gasteiger partial charge in [-0.25, -0.2) is 8.42 Å². The lowest BCUT2D eigenvalue weighted by Gasteiger charge is -2.26. The molecule has 2 aliphatic rings. The van der Waals surface area contributed by atoms with Gasteiger partial charge in [-0.05, 0) is 25.7 Å². The molecule has 2 fully saturated rings. The number of nitrogens with two attached hydrogens (primary N) is 1. The van der Waals surface area contributed by atoms with Crippen LogP contribution in [0.2, 0.25) is 0 Å². The molecule has 0 aromatic rings. The number of hydrogen-bond acceptors (Lipinski definition) is 4. The van der Waals surface area contributed by atoms with Gasteiger partial charge in [-0.2, -0.15) is 0 Å². The zero-order valence-corrected chi connectivity index (χ0v) is 10.7. The topological polar surface area (TPSA) is 89.3 Å². The van der Waals surface area contributed by atoms with E-state index in [1.165, 1.54) is 0 Å². The summed E-state index contributed by atoms with van der Waals surface area (Å²) in [6.07, 6.45) is 4.13. The minimum atomic E-state index is -2.92. The third-order valence-electron chi connectivity index (χ3n) is 3.66. The van der Waals surface area contributed by atoms with Gasteiger partial charge in [0.05, 0.1) is 11.5 Å². The van der Waals surface area contributed by atoms with Gasteiger partial charge in [-0.15, -0.1) is 0 Å². The number of carbonyl (C=O) groups is 1. The highest BCUT2D eigenvalue weighted by Crippen LogP contribution is 2.23. The maximum Gasteiger partial charge on any atom is 0.223 e. The summed E-state index contributed by atoms with van der Waals surface area (Å²) in [5.41, 5.74) is 5.84. The predicted molar refractivity (Wildman–Crippen MR) is 65.1 cm³/mol. The molecule has 3 atom stereocenters.